The molecule has 0 saturated carbocycles. The highest BCUT2D eigenvalue weighted by Gasteiger charge is 2.24. The fourth-order valence-corrected chi connectivity index (χ4v) is 3.28. The van der Waals surface area contributed by atoms with Gasteiger partial charge < -0.3 is 4.90 Å². The van der Waals surface area contributed by atoms with Crippen LogP contribution >= 0.6 is 0 Å². The molecule has 5 nitrogen and oxygen atoms in total. The van der Waals surface area contributed by atoms with Crippen molar-refractivity contribution >= 4 is 16.8 Å². The van der Waals surface area contributed by atoms with Crippen molar-refractivity contribution < 1.29 is 9.18 Å². The van der Waals surface area contributed by atoms with E-state index in [1.165, 1.54) is 16.7 Å². The van der Waals surface area contributed by atoms with Gasteiger partial charge in [-0.3, -0.25) is 14.2 Å². The number of nitrogens with zero attached hydrogens (tertiary/aromatic N) is 3. The van der Waals surface area contributed by atoms with Crippen LogP contribution in [0.15, 0.2) is 53.3 Å². The van der Waals surface area contributed by atoms with Crippen LogP contribution in [0.2, 0.25) is 0 Å². The van der Waals surface area contributed by atoms with Crippen molar-refractivity contribution in [2.45, 2.75) is 33.2 Å². The average Bonchev–Trinajstić information content (AvgIpc) is 2.69. The summed E-state index contributed by atoms with van der Waals surface area (Å²) in [6, 6.07) is 12.4. The molecule has 0 N–H and O–H groups in total. The van der Waals surface area contributed by atoms with Crippen molar-refractivity contribution in [1.29, 1.82) is 0 Å². The predicted octanol–water partition coefficient (Wildman–Crippen LogP) is 3.84. The average molecular weight is 367 g/mol. The normalized spacial score (nSPS) is 12.1. The lowest BCUT2D eigenvalue weighted by Gasteiger charge is -2.29. The molecule has 0 saturated heterocycles. The molecule has 1 heterocycles. The smallest absolute Gasteiger partial charge is 0.266 e. The van der Waals surface area contributed by atoms with Gasteiger partial charge in [0, 0.05) is 13.0 Å². The maximum Gasteiger partial charge on any atom is 0.266 e. The summed E-state index contributed by atoms with van der Waals surface area (Å²) in [7, 11) is 0. The molecular weight excluding hydrogens is 345 g/mol. The van der Waals surface area contributed by atoms with Crippen molar-refractivity contribution in [1.82, 2.24) is 14.5 Å². The first-order chi connectivity index (χ1) is 13.0. The number of para-hydroxylation sites is 1. The molecule has 0 aliphatic heterocycles. The lowest BCUT2D eigenvalue weighted by atomic mass is 10.1. The van der Waals surface area contributed by atoms with Gasteiger partial charge in [-0.05, 0) is 50.2 Å². The van der Waals surface area contributed by atoms with Crippen molar-refractivity contribution in [2.24, 2.45) is 0 Å². The maximum atomic E-state index is 13.4. The van der Waals surface area contributed by atoms with Crippen LogP contribution in [0.3, 0.4) is 0 Å². The standard InChI is InChI=1S/C21H22FN3O2/c1-4-19(26)24(5-2)14(3)20-23-18-9-7-6-8-17(18)21(27)25(20)16-12-10-15(22)11-13-16/h6-14H,4-5H2,1-3H3. The van der Waals surface area contributed by atoms with Gasteiger partial charge in [0.15, 0.2) is 0 Å². The molecule has 27 heavy (non-hydrogen) atoms. The minimum absolute atomic E-state index is 0.0157. The van der Waals surface area contributed by atoms with Crippen LogP contribution in [0.5, 0.6) is 0 Å². The summed E-state index contributed by atoms with van der Waals surface area (Å²) in [5.41, 5.74) is 0.846. The van der Waals surface area contributed by atoms with Gasteiger partial charge in [-0.1, -0.05) is 19.1 Å². The number of carbonyl (C=O) groups is 1. The number of hydrogen-bond donors (Lipinski definition) is 0. The molecule has 3 rings (SSSR count). The number of halogens is 1. The van der Waals surface area contributed by atoms with E-state index >= 15 is 0 Å². The van der Waals surface area contributed by atoms with E-state index in [0.29, 0.717) is 35.4 Å². The second kappa shape index (κ2) is 7.70. The number of carbonyl (C=O) groups excluding carboxylic acids is 1. The Morgan fingerprint density at radius 3 is 2.44 bits per heavy atom. The van der Waals surface area contributed by atoms with Gasteiger partial charge in [-0.2, -0.15) is 0 Å². The van der Waals surface area contributed by atoms with Crippen LogP contribution in [0.1, 0.15) is 39.1 Å². The number of aromatic nitrogens is 2. The summed E-state index contributed by atoms with van der Waals surface area (Å²) in [6.45, 7) is 6.05. The third-order valence-corrected chi connectivity index (χ3v) is 4.69. The molecule has 1 atom stereocenters. The zero-order valence-corrected chi connectivity index (χ0v) is 15.6. The molecule has 0 bridgehead atoms. The van der Waals surface area contributed by atoms with Crippen molar-refractivity contribution in [3.05, 3.63) is 70.5 Å². The summed E-state index contributed by atoms with van der Waals surface area (Å²) in [5.74, 6) is 0.0542. The molecule has 0 fully saturated rings. The number of amides is 1. The fraction of sp³-hybridized carbons (Fsp3) is 0.286. The Bertz CT molecular complexity index is 1030. The fourth-order valence-electron chi connectivity index (χ4n) is 3.28. The Morgan fingerprint density at radius 1 is 1.15 bits per heavy atom. The number of hydrogen-bond acceptors (Lipinski definition) is 3. The summed E-state index contributed by atoms with van der Waals surface area (Å²) >= 11 is 0. The van der Waals surface area contributed by atoms with Gasteiger partial charge in [0.1, 0.15) is 11.6 Å². The first-order valence-electron chi connectivity index (χ1n) is 9.05. The van der Waals surface area contributed by atoms with E-state index in [0.717, 1.165) is 0 Å². The first-order valence-corrected chi connectivity index (χ1v) is 9.05. The van der Waals surface area contributed by atoms with Gasteiger partial charge in [0.2, 0.25) is 5.91 Å². The minimum atomic E-state index is -0.412. The summed E-state index contributed by atoms with van der Waals surface area (Å²) < 4.78 is 14.9. The second-order valence-electron chi connectivity index (χ2n) is 6.31. The zero-order chi connectivity index (χ0) is 19.6. The molecule has 1 unspecified atom stereocenters. The Balaban J connectivity index is 2.29. The minimum Gasteiger partial charge on any atom is -0.333 e. The highest BCUT2D eigenvalue weighted by atomic mass is 19.1. The van der Waals surface area contributed by atoms with Crippen molar-refractivity contribution in [2.75, 3.05) is 6.54 Å². The maximum absolute atomic E-state index is 13.4. The molecule has 1 aromatic heterocycles. The topological polar surface area (TPSA) is 55.2 Å². The van der Waals surface area contributed by atoms with E-state index in [1.54, 1.807) is 42.2 Å². The number of fused-ring (bicyclic) bond motifs is 1. The largest absolute Gasteiger partial charge is 0.333 e. The zero-order valence-electron chi connectivity index (χ0n) is 15.6. The molecule has 6 heteroatoms. The van der Waals surface area contributed by atoms with E-state index in [4.69, 9.17) is 4.98 Å². The van der Waals surface area contributed by atoms with Gasteiger partial charge in [0.25, 0.3) is 5.56 Å². The van der Waals surface area contributed by atoms with E-state index in [-0.39, 0.29) is 17.3 Å². The molecule has 1 amide bonds. The van der Waals surface area contributed by atoms with Crippen LogP contribution in [-0.2, 0) is 4.79 Å². The molecule has 0 spiro atoms. The van der Waals surface area contributed by atoms with E-state index < -0.39 is 6.04 Å². The third kappa shape index (κ3) is 3.47. The van der Waals surface area contributed by atoms with Gasteiger partial charge in [0.05, 0.1) is 22.6 Å². The Morgan fingerprint density at radius 2 is 1.81 bits per heavy atom. The first kappa shape index (κ1) is 18.8. The van der Waals surface area contributed by atoms with E-state index in [9.17, 15) is 14.0 Å². The van der Waals surface area contributed by atoms with Crippen LogP contribution < -0.4 is 5.56 Å². The number of rotatable bonds is 5. The summed E-state index contributed by atoms with van der Waals surface area (Å²) in [6.07, 6.45) is 0.368. The molecule has 3 aromatic rings. The predicted molar refractivity (Wildman–Crippen MR) is 103 cm³/mol. The monoisotopic (exact) mass is 367 g/mol. The Hall–Kier alpha value is -3.02. The molecule has 0 aliphatic carbocycles. The lowest BCUT2D eigenvalue weighted by molar-refractivity contribution is -0.132. The number of benzene rings is 2. The van der Waals surface area contributed by atoms with E-state index in [1.807, 2.05) is 19.9 Å². The van der Waals surface area contributed by atoms with Gasteiger partial charge >= 0.3 is 0 Å². The lowest BCUT2D eigenvalue weighted by Crippen LogP contribution is -2.37. The Kier molecular flexibility index (Phi) is 5.35. The SMILES string of the molecule is CCC(=O)N(CC)C(C)c1nc2ccccc2c(=O)n1-c1ccc(F)cc1. The van der Waals surface area contributed by atoms with Crippen LogP contribution in [0.25, 0.3) is 16.6 Å². The van der Waals surface area contributed by atoms with Crippen LogP contribution in [0, 0.1) is 5.82 Å². The Labute approximate surface area is 157 Å². The van der Waals surface area contributed by atoms with E-state index in [2.05, 4.69) is 0 Å². The molecule has 2 aromatic carbocycles. The summed E-state index contributed by atoms with van der Waals surface area (Å²) in [5, 5.41) is 0.475. The third-order valence-electron chi connectivity index (χ3n) is 4.69. The molecular formula is C21H22FN3O2. The van der Waals surface area contributed by atoms with Crippen molar-refractivity contribution in [3.8, 4) is 5.69 Å². The molecule has 0 radical (unpaired) electrons. The highest BCUT2D eigenvalue weighted by molar-refractivity contribution is 5.78. The van der Waals surface area contributed by atoms with Crippen LogP contribution in [0.4, 0.5) is 4.39 Å². The quantitative estimate of drug-likeness (QED) is 0.688. The van der Waals surface area contributed by atoms with Gasteiger partial charge in [-0.25, -0.2) is 9.37 Å². The highest BCUT2D eigenvalue weighted by Crippen LogP contribution is 2.23. The second-order valence-corrected chi connectivity index (χ2v) is 6.31. The van der Waals surface area contributed by atoms with Crippen molar-refractivity contribution in [3.63, 3.8) is 0 Å². The summed E-state index contributed by atoms with van der Waals surface area (Å²) in [4.78, 5) is 32.0. The van der Waals surface area contributed by atoms with Crippen LogP contribution in [-0.4, -0.2) is 26.9 Å². The molecule has 0 aliphatic rings. The molecule has 140 valence electrons. The van der Waals surface area contributed by atoms with Gasteiger partial charge in [-0.15, -0.1) is 0 Å².